The highest BCUT2D eigenvalue weighted by molar-refractivity contribution is 5.96. The summed E-state index contributed by atoms with van der Waals surface area (Å²) in [4.78, 5) is 16.2. The van der Waals surface area contributed by atoms with Crippen LogP contribution in [0.3, 0.4) is 0 Å². The number of carbonyl (C=O) groups is 1. The number of aryl methyl sites for hydroxylation is 1. The molecule has 0 aliphatic carbocycles. The molecule has 0 fully saturated rings. The van der Waals surface area contributed by atoms with Crippen LogP contribution in [0.5, 0.6) is 0 Å². The van der Waals surface area contributed by atoms with E-state index in [0.717, 1.165) is 18.8 Å². The van der Waals surface area contributed by atoms with Crippen molar-refractivity contribution in [2.24, 2.45) is 0 Å². The summed E-state index contributed by atoms with van der Waals surface area (Å²) in [6, 6.07) is 1.67. The molecule has 0 aliphatic rings. The normalized spacial score (nSPS) is 10.4. The van der Waals surface area contributed by atoms with Gasteiger partial charge in [0.05, 0.1) is 18.8 Å². The van der Waals surface area contributed by atoms with Gasteiger partial charge < -0.3 is 4.57 Å². The Hall–Kier alpha value is -2.04. The van der Waals surface area contributed by atoms with E-state index in [2.05, 4.69) is 22.1 Å². The first-order chi connectivity index (χ1) is 8.31. The molecule has 0 bridgehead atoms. The van der Waals surface area contributed by atoms with E-state index < -0.39 is 0 Å². The lowest BCUT2D eigenvalue weighted by atomic mass is 10.1. The van der Waals surface area contributed by atoms with Crippen molar-refractivity contribution in [2.45, 2.75) is 26.3 Å². The van der Waals surface area contributed by atoms with Crippen molar-refractivity contribution in [2.75, 3.05) is 0 Å². The first-order valence-electron chi connectivity index (χ1n) is 5.61. The van der Waals surface area contributed by atoms with Gasteiger partial charge in [-0.1, -0.05) is 6.92 Å². The number of nitrogens with zero attached hydrogens (tertiary/aromatic N) is 4. The van der Waals surface area contributed by atoms with Gasteiger partial charge in [0.25, 0.3) is 0 Å². The predicted molar refractivity (Wildman–Crippen MR) is 62.6 cm³/mol. The van der Waals surface area contributed by atoms with Crippen LogP contribution in [-0.4, -0.2) is 25.5 Å². The van der Waals surface area contributed by atoms with Crippen LogP contribution in [0.15, 0.2) is 30.9 Å². The topological polar surface area (TPSA) is 60.7 Å². The second-order valence-electron chi connectivity index (χ2n) is 3.77. The van der Waals surface area contributed by atoms with Crippen molar-refractivity contribution in [3.63, 3.8) is 0 Å². The van der Waals surface area contributed by atoms with Crippen molar-refractivity contribution in [1.29, 1.82) is 0 Å². The van der Waals surface area contributed by atoms with Crippen LogP contribution in [-0.2, 0) is 13.0 Å². The van der Waals surface area contributed by atoms with E-state index in [-0.39, 0.29) is 5.78 Å². The molecule has 2 aromatic heterocycles. The minimum absolute atomic E-state index is 0.0171. The quantitative estimate of drug-likeness (QED) is 0.730. The lowest BCUT2D eigenvalue weighted by Gasteiger charge is -2.05. The molecule has 2 rings (SSSR count). The molecule has 0 N–H and O–H groups in total. The maximum absolute atomic E-state index is 11.9. The molecule has 17 heavy (non-hydrogen) atoms. The Morgan fingerprint density at radius 3 is 2.94 bits per heavy atom. The fraction of sp³-hybridized carbons (Fsp3) is 0.333. The Balaban J connectivity index is 2.11. The Morgan fingerprint density at radius 2 is 2.24 bits per heavy atom. The van der Waals surface area contributed by atoms with Gasteiger partial charge >= 0.3 is 0 Å². The monoisotopic (exact) mass is 230 g/mol. The molecule has 0 unspecified atom stereocenters. The van der Waals surface area contributed by atoms with Gasteiger partial charge in [0, 0.05) is 24.5 Å². The van der Waals surface area contributed by atoms with Crippen LogP contribution in [0.1, 0.15) is 29.5 Å². The van der Waals surface area contributed by atoms with Crippen molar-refractivity contribution < 1.29 is 4.79 Å². The average Bonchev–Trinajstić information content (AvgIpc) is 2.78. The van der Waals surface area contributed by atoms with Gasteiger partial charge in [0.2, 0.25) is 0 Å². The molecule has 0 aliphatic heterocycles. The van der Waals surface area contributed by atoms with Crippen molar-refractivity contribution in [3.05, 3.63) is 42.2 Å². The third-order valence-electron chi connectivity index (χ3n) is 2.49. The van der Waals surface area contributed by atoms with Crippen LogP contribution in [0.25, 0.3) is 0 Å². The first-order valence-corrected chi connectivity index (χ1v) is 5.61. The number of aromatic nitrogens is 4. The molecule has 88 valence electrons. The van der Waals surface area contributed by atoms with Crippen LogP contribution in [0.2, 0.25) is 0 Å². The van der Waals surface area contributed by atoms with Crippen molar-refractivity contribution >= 4 is 5.78 Å². The van der Waals surface area contributed by atoms with Crippen LogP contribution in [0, 0.1) is 0 Å². The van der Waals surface area contributed by atoms with Gasteiger partial charge in [0.15, 0.2) is 5.78 Å². The lowest BCUT2D eigenvalue weighted by molar-refractivity contribution is 0.0989. The lowest BCUT2D eigenvalue weighted by Crippen LogP contribution is -2.10. The van der Waals surface area contributed by atoms with E-state index in [1.165, 1.54) is 12.4 Å². The van der Waals surface area contributed by atoms with Crippen molar-refractivity contribution in [1.82, 2.24) is 19.7 Å². The molecule has 0 amide bonds. The SMILES string of the molecule is CCCn1ccnc1CC(=O)c1ccnnc1. The van der Waals surface area contributed by atoms with Gasteiger partial charge in [-0.2, -0.15) is 10.2 Å². The summed E-state index contributed by atoms with van der Waals surface area (Å²) in [5, 5.41) is 7.34. The van der Waals surface area contributed by atoms with Crippen LogP contribution in [0.4, 0.5) is 0 Å². The molecule has 5 nitrogen and oxygen atoms in total. The van der Waals surface area contributed by atoms with Crippen molar-refractivity contribution in [3.8, 4) is 0 Å². The van der Waals surface area contributed by atoms with Gasteiger partial charge in [-0.25, -0.2) is 4.98 Å². The number of carbonyl (C=O) groups excluding carboxylic acids is 1. The second-order valence-corrected chi connectivity index (χ2v) is 3.77. The number of imidazole rings is 1. The number of hydrogen-bond acceptors (Lipinski definition) is 4. The highest BCUT2D eigenvalue weighted by atomic mass is 16.1. The zero-order valence-electron chi connectivity index (χ0n) is 9.71. The maximum atomic E-state index is 11.9. The zero-order valence-corrected chi connectivity index (χ0v) is 9.71. The van der Waals surface area contributed by atoms with E-state index in [1.807, 2.05) is 10.8 Å². The van der Waals surface area contributed by atoms with E-state index in [0.29, 0.717) is 12.0 Å². The van der Waals surface area contributed by atoms with Gasteiger partial charge in [-0.15, -0.1) is 0 Å². The number of rotatable bonds is 5. The highest BCUT2D eigenvalue weighted by Gasteiger charge is 2.11. The largest absolute Gasteiger partial charge is 0.335 e. The molecule has 0 atom stereocenters. The molecule has 0 saturated heterocycles. The summed E-state index contributed by atoms with van der Waals surface area (Å²) in [5.41, 5.74) is 0.575. The summed E-state index contributed by atoms with van der Waals surface area (Å²) < 4.78 is 2.01. The Labute approximate surface area is 99.5 Å². The average molecular weight is 230 g/mol. The highest BCUT2D eigenvalue weighted by Crippen LogP contribution is 2.05. The molecule has 2 heterocycles. The molecular formula is C12H14N4O. The minimum atomic E-state index is 0.0171. The maximum Gasteiger partial charge on any atom is 0.172 e. The van der Waals surface area contributed by atoms with E-state index in [4.69, 9.17) is 0 Å². The smallest absolute Gasteiger partial charge is 0.172 e. The van der Waals surface area contributed by atoms with Gasteiger partial charge in [0.1, 0.15) is 5.82 Å². The molecule has 0 spiro atoms. The van der Waals surface area contributed by atoms with Gasteiger partial charge in [-0.3, -0.25) is 4.79 Å². The van der Waals surface area contributed by atoms with Crippen LogP contribution >= 0.6 is 0 Å². The second kappa shape index (κ2) is 5.34. The van der Waals surface area contributed by atoms with Gasteiger partial charge in [-0.05, 0) is 12.5 Å². The Morgan fingerprint density at radius 1 is 1.35 bits per heavy atom. The molecule has 0 saturated carbocycles. The summed E-state index contributed by atoms with van der Waals surface area (Å²) in [6.45, 7) is 2.98. The Kier molecular flexibility index (Phi) is 3.59. The summed E-state index contributed by atoms with van der Waals surface area (Å²) >= 11 is 0. The number of ketones is 1. The predicted octanol–water partition coefficient (Wildman–Crippen LogP) is 1.51. The molecule has 2 aromatic rings. The standard InChI is InChI=1S/C12H14N4O/c1-2-6-16-7-5-13-12(16)8-11(17)10-3-4-14-15-9-10/h3-5,7,9H,2,6,8H2,1H3. The summed E-state index contributed by atoms with van der Waals surface area (Å²) in [7, 11) is 0. The van der Waals surface area contributed by atoms with E-state index >= 15 is 0 Å². The fourth-order valence-corrected chi connectivity index (χ4v) is 1.65. The summed E-state index contributed by atoms with van der Waals surface area (Å²) in [6.07, 6.45) is 7.95. The van der Waals surface area contributed by atoms with E-state index in [1.54, 1.807) is 12.3 Å². The third-order valence-corrected chi connectivity index (χ3v) is 2.49. The third kappa shape index (κ3) is 2.75. The molecule has 0 aromatic carbocycles. The zero-order chi connectivity index (χ0) is 12.1. The number of Topliss-reactive ketones (excluding diaryl/α,β-unsaturated/α-hetero) is 1. The van der Waals surface area contributed by atoms with Crippen LogP contribution < -0.4 is 0 Å². The fourth-order valence-electron chi connectivity index (χ4n) is 1.65. The first kappa shape index (κ1) is 11.4. The number of hydrogen-bond donors (Lipinski definition) is 0. The van der Waals surface area contributed by atoms with E-state index in [9.17, 15) is 4.79 Å². The molecule has 0 radical (unpaired) electrons. The minimum Gasteiger partial charge on any atom is -0.335 e. The molecule has 5 heteroatoms. The summed E-state index contributed by atoms with van der Waals surface area (Å²) in [5.74, 6) is 0.817. The Bertz CT molecular complexity index is 492. The molecular weight excluding hydrogens is 216 g/mol.